The molecular weight excluding hydrogens is 473 g/mol. The molecule has 0 heterocycles. The topological polar surface area (TPSA) is 29.5 Å². The van der Waals surface area contributed by atoms with E-state index < -0.39 is 17.7 Å². The molecule has 1 N–H and O–H groups in total. The van der Waals surface area contributed by atoms with Gasteiger partial charge in [-0.15, -0.1) is 0 Å². The summed E-state index contributed by atoms with van der Waals surface area (Å²) < 4.78 is 49.8. The zero-order valence-electron chi connectivity index (χ0n) is 21.1. The van der Waals surface area contributed by atoms with Crippen molar-refractivity contribution in [1.82, 2.24) is 0 Å². The number of halogens is 3. The number of rotatable bonds is 10. The van der Waals surface area contributed by atoms with Gasteiger partial charge in [-0.05, 0) is 60.1 Å². The number of aliphatic hydroxyl groups excluding tert-OH is 1. The molecule has 1 unspecified atom stereocenters. The number of hydrogen-bond acceptors (Lipinski definition) is 2. The zero-order chi connectivity index (χ0) is 26.4. The molecule has 0 aliphatic rings. The Labute approximate surface area is 216 Å². The van der Waals surface area contributed by atoms with Gasteiger partial charge in [0.2, 0.25) is 0 Å². The summed E-state index contributed by atoms with van der Waals surface area (Å²) >= 11 is 0. The number of aliphatic hydroxyl groups is 1. The first-order valence-electron chi connectivity index (χ1n) is 12.7. The van der Waals surface area contributed by atoms with E-state index in [-0.39, 0.29) is 16.9 Å². The highest BCUT2D eigenvalue weighted by molar-refractivity contribution is 5.72. The molecule has 0 aliphatic carbocycles. The number of ether oxygens (including phenoxy) is 1. The molecule has 37 heavy (non-hydrogen) atoms. The average molecular weight is 505 g/mol. The number of aryl methyl sites for hydroxylation is 2. The predicted octanol–water partition coefficient (Wildman–Crippen LogP) is 8.46. The summed E-state index contributed by atoms with van der Waals surface area (Å²) in [6.07, 6.45) is 2.07. The minimum absolute atomic E-state index is 0.173. The van der Waals surface area contributed by atoms with E-state index in [2.05, 4.69) is 0 Å². The van der Waals surface area contributed by atoms with Crippen LogP contribution in [0.1, 0.15) is 49.5 Å². The average Bonchev–Trinajstić information content (AvgIpc) is 2.91. The van der Waals surface area contributed by atoms with Crippen molar-refractivity contribution in [3.63, 3.8) is 0 Å². The lowest BCUT2D eigenvalue weighted by molar-refractivity contribution is 0.166. The van der Waals surface area contributed by atoms with Crippen molar-refractivity contribution in [2.45, 2.75) is 45.6 Å². The maximum absolute atomic E-state index is 15.1. The van der Waals surface area contributed by atoms with Gasteiger partial charge in [0.1, 0.15) is 11.6 Å². The van der Waals surface area contributed by atoms with Crippen LogP contribution in [0.4, 0.5) is 13.2 Å². The summed E-state index contributed by atoms with van der Waals surface area (Å²) in [5, 5.41) is 10.1. The third-order valence-corrected chi connectivity index (χ3v) is 6.53. The number of hydrogen-bond donors (Lipinski definition) is 1. The van der Waals surface area contributed by atoms with E-state index in [1.807, 2.05) is 26.0 Å². The Bertz CT molecular complexity index is 1330. The van der Waals surface area contributed by atoms with Crippen molar-refractivity contribution in [2.24, 2.45) is 0 Å². The molecule has 0 aliphatic heterocycles. The van der Waals surface area contributed by atoms with Gasteiger partial charge in [-0.25, -0.2) is 13.2 Å². The molecule has 0 spiro atoms. The Kier molecular flexibility index (Phi) is 8.67. The maximum atomic E-state index is 15.1. The Balaban J connectivity index is 1.47. The highest BCUT2D eigenvalue weighted by atomic mass is 19.2. The molecule has 0 fully saturated rings. The Morgan fingerprint density at radius 2 is 1.32 bits per heavy atom. The lowest BCUT2D eigenvalue weighted by Gasteiger charge is -2.12. The Hall–Kier alpha value is -3.57. The summed E-state index contributed by atoms with van der Waals surface area (Å²) in [4.78, 5) is 0. The predicted molar refractivity (Wildman–Crippen MR) is 142 cm³/mol. The SMILES string of the molecule is CCCC(O)c1ccc(-c2ccc(-c3ccc(CCc4ccc(OCC)cc4F)cc3)c(F)c2F)cc1. The van der Waals surface area contributed by atoms with Crippen LogP contribution in [0.25, 0.3) is 22.3 Å². The van der Waals surface area contributed by atoms with Crippen LogP contribution in [0, 0.1) is 17.5 Å². The standard InChI is InChI=1S/C32H31F3O2/c1-3-5-30(36)25-14-12-23(13-15-25)28-19-18-27(31(34)32(28)35)22-9-6-21(7-10-22)8-11-24-16-17-26(37-4-2)20-29(24)33/h6-7,9-10,12-20,30,36H,3-5,8,11H2,1-2H3. The smallest absolute Gasteiger partial charge is 0.167 e. The van der Waals surface area contributed by atoms with Crippen LogP contribution in [0.3, 0.4) is 0 Å². The normalized spacial score (nSPS) is 11.9. The molecule has 2 nitrogen and oxygen atoms in total. The van der Waals surface area contributed by atoms with E-state index >= 15 is 8.78 Å². The van der Waals surface area contributed by atoms with E-state index in [4.69, 9.17) is 4.74 Å². The fraction of sp³-hybridized carbons (Fsp3) is 0.250. The molecule has 0 saturated heterocycles. The zero-order valence-corrected chi connectivity index (χ0v) is 21.1. The van der Waals surface area contributed by atoms with Crippen molar-refractivity contribution in [3.8, 4) is 28.0 Å². The van der Waals surface area contributed by atoms with E-state index in [1.54, 1.807) is 60.7 Å². The number of benzene rings is 4. The molecule has 4 aromatic carbocycles. The van der Waals surface area contributed by atoms with Gasteiger partial charge < -0.3 is 9.84 Å². The van der Waals surface area contributed by atoms with Crippen molar-refractivity contribution in [2.75, 3.05) is 6.61 Å². The first-order chi connectivity index (χ1) is 17.9. The molecule has 192 valence electrons. The van der Waals surface area contributed by atoms with Gasteiger partial charge in [0, 0.05) is 17.2 Å². The summed E-state index contributed by atoms with van der Waals surface area (Å²) in [7, 11) is 0. The van der Waals surface area contributed by atoms with Crippen LogP contribution in [0.2, 0.25) is 0 Å². The van der Waals surface area contributed by atoms with Crippen LogP contribution >= 0.6 is 0 Å². The summed E-state index contributed by atoms with van der Waals surface area (Å²) in [6.45, 7) is 4.33. The molecule has 0 aromatic heterocycles. The fourth-order valence-electron chi connectivity index (χ4n) is 4.44. The van der Waals surface area contributed by atoms with Gasteiger partial charge in [0.05, 0.1) is 12.7 Å². The minimum Gasteiger partial charge on any atom is -0.494 e. The monoisotopic (exact) mass is 504 g/mol. The van der Waals surface area contributed by atoms with E-state index in [9.17, 15) is 9.50 Å². The van der Waals surface area contributed by atoms with E-state index in [0.717, 1.165) is 17.5 Å². The molecular formula is C32H31F3O2. The third-order valence-electron chi connectivity index (χ3n) is 6.53. The molecule has 1 atom stereocenters. The van der Waals surface area contributed by atoms with Crippen LogP contribution in [0.15, 0.2) is 78.9 Å². The molecule has 0 radical (unpaired) electrons. The molecule has 0 saturated carbocycles. The van der Waals surface area contributed by atoms with Crippen molar-refractivity contribution < 1.29 is 23.0 Å². The second kappa shape index (κ2) is 12.1. The van der Waals surface area contributed by atoms with Gasteiger partial charge in [-0.3, -0.25) is 0 Å². The van der Waals surface area contributed by atoms with Crippen LogP contribution < -0.4 is 4.74 Å². The first-order valence-corrected chi connectivity index (χ1v) is 12.7. The lowest BCUT2D eigenvalue weighted by atomic mass is 9.96. The van der Waals surface area contributed by atoms with Gasteiger partial charge in [-0.1, -0.05) is 80.1 Å². The van der Waals surface area contributed by atoms with Gasteiger partial charge in [0.15, 0.2) is 11.6 Å². The molecule has 0 amide bonds. The maximum Gasteiger partial charge on any atom is 0.167 e. The Morgan fingerprint density at radius 1 is 0.730 bits per heavy atom. The lowest BCUT2D eigenvalue weighted by Crippen LogP contribution is -1.98. The third kappa shape index (κ3) is 6.23. The molecule has 5 heteroatoms. The fourth-order valence-corrected chi connectivity index (χ4v) is 4.44. The van der Waals surface area contributed by atoms with Gasteiger partial charge >= 0.3 is 0 Å². The second-order valence-electron chi connectivity index (χ2n) is 9.10. The van der Waals surface area contributed by atoms with Crippen molar-refractivity contribution >= 4 is 0 Å². The molecule has 4 aromatic rings. The van der Waals surface area contributed by atoms with Crippen LogP contribution in [-0.4, -0.2) is 11.7 Å². The first kappa shape index (κ1) is 26.5. The van der Waals surface area contributed by atoms with E-state index in [0.29, 0.717) is 48.3 Å². The van der Waals surface area contributed by atoms with Crippen molar-refractivity contribution in [3.05, 3.63) is 113 Å². The second-order valence-corrected chi connectivity index (χ2v) is 9.10. The van der Waals surface area contributed by atoms with Gasteiger partial charge in [0.25, 0.3) is 0 Å². The van der Waals surface area contributed by atoms with E-state index in [1.165, 1.54) is 6.07 Å². The largest absolute Gasteiger partial charge is 0.494 e. The van der Waals surface area contributed by atoms with Crippen LogP contribution in [-0.2, 0) is 12.8 Å². The summed E-state index contributed by atoms with van der Waals surface area (Å²) in [5.74, 6) is -1.60. The highest BCUT2D eigenvalue weighted by Crippen LogP contribution is 2.32. The van der Waals surface area contributed by atoms with Crippen LogP contribution in [0.5, 0.6) is 5.75 Å². The summed E-state index contributed by atoms with van der Waals surface area (Å²) in [6, 6.07) is 22.2. The molecule has 0 bridgehead atoms. The highest BCUT2D eigenvalue weighted by Gasteiger charge is 2.17. The van der Waals surface area contributed by atoms with Crippen molar-refractivity contribution in [1.29, 1.82) is 0 Å². The Morgan fingerprint density at radius 3 is 1.86 bits per heavy atom. The quantitative estimate of drug-likeness (QED) is 0.235. The molecule has 4 rings (SSSR count). The van der Waals surface area contributed by atoms with Gasteiger partial charge in [-0.2, -0.15) is 0 Å². The minimum atomic E-state index is -0.908. The summed E-state index contributed by atoms with van der Waals surface area (Å²) in [5.41, 5.74) is 3.80.